The summed E-state index contributed by atoms with van der Waals surface area (Å²) in [7, 11) is -3.86. The fourth-order valence-corrected chi connectivity index (χ4v) is 2.53. The lowest BCUT2D eigenvalue weighted by Gasteiger charge is -2.11. The predicted molar refractivity (Wildman–Crippen MR) is 70.8 cm³/mol. The van der Waals surface area contributed by atoms with Crippen LogP contribution in [0, 0.1) is 5.82 Å². The van der Waals surface area contributed by atoms with Gasteiger partial charge in [-0.3, -0.25) is 4.79 Å². The molecule has 0 saturated heterocycles. The molecule has 0 fully saturated rings. The molecule has 0 radical (unpaired) electrons. The van der Waals surface area contributed by atoms with E-state index in [1.54, 1.807) is 6.92 Å². The average molecular weight is 288 g/mol. The van der Waals surface area contributed by atoms with Gasteiger partial charge in [-0.05, 0) is 31.5 Å². The molecule has 1 unspecified atom stereocenters. The molecule has 1 amide bonds. The smallest absolute Gasteiger partial charge is 0.235 e. The minimum atomic E-state index is -3.86. The molecule has 3 N–H and O–H groups in total. The number of halogens is 1. The van der Waals surface area contributed by atoms with Gasteiger partial charge in [-0.1, -0.05) is 6.92 Å². The number of nitrogens with one attached hydrogen (secondary N) is 1. The maximum Gasteiger partial charge on any atom is 0.235 e. The highest BCUT2D eigenvalue weighted by Crippen LogP contribution is 2.17. The lowest BCUT2D eigenvalue weighted by molar-refractivity contribution is -0.119. The van der Waals surface area contributed by atoms with Crippen LogP contribution in [0.4, 0.5) is 10.1 Å². The van der Waals surface area contributed by atoms with Gasteiger partial charge >= 0.3 is 0 Å². The Kier molecular flexibility index (Phi) is 4.88. The first-order chi connectivity index (χ1) is 8.76. The number of nitrogen functional groups attached to an aromatic ring is 1. The molecule has 1 atom stereocenters. The van der Waals surface area contributed by atoms with E-state index in [0.717, 1.165) is 12.1 Å². The number of benzene rings is 1. The van der Waals surface area contributed by atoms with Crippen molar-refractivity contribution in [3.8, 4) is 0 Å². The zero-order chi connectivity index (χ0) is 14.6. The summed E-state index contributed by atoms with van der Waals surface area (Å²) in [5.41, 5.74) is 5.13. The van der Waals surface area contributed by atoms with E-state index in [4.69, 9.17) is 5.73 Å². The topological polar surface area (TPSA) is 89.3 Å². The third-order valence-corrected chi connectivity index (χ3v) is 4.29. The number of nitrogens with two attached hydrogens (primary N) is 1. The summed E-state index contributed by atoms with van der Waals surface area (Å²) >= 11 is 0. The van der Waals surface area contributed by atoms with Crippen molar-refractivity contribution in [1.29, 1.82) is 0 Å². The second kappa shape index (κ2) is 6.01. The summed E-state index contributed by atoms with van der Waals surface area (Å²) in [5, 5.41) is 2.54. The fourth-order valence-electron chi connectivity index (χ4n) is 1.38. The minimum Gasteiger partial charge on any atom is -0.396 e. The maximum absolute atomic E-state index is 13.2. The molecule has 0 aliphatic heterocycles. The predicted octanol–water partition coefficient (Wildman–Crippen LogP) is 1.10. The van der Waals surface area contributed by atoms with Crippen molar-refractivity contribution in [3.63, 3.8) is 0 Å². The first-order valence-corrected chi connectivity index (χ1v) is 7.48. The highest BCUT2D eigenvalue weighted by atomic mass is 32.2. The molecular weight excluding hydrogens is 271 g/mol. The lowest BCUT2D eigenvalue weighted by atomic mass is 10.3. The molecule has 0 aromatic heterocycles. The van der Waals surface area contributed by atoms with Crippen LogP contribution < -0.4 is 11.1 Å². The Morgan fingerprint density at radius 1 is 1.47 bits per heavy atom. The molecule has 1 aromatic rings. The summed E-state index contributed by atoms with van der Waals surface area (Å²) in [6.45, 7) is 3.64. The second-order valence-electron chi connectivity index (χ2n) is 4.32. The number of hydrogen-bond acceptors (Lipinski definition) is 4. The molecule has 0 saturated carbocycles. The van der Waals surface area contributed by atoms with Crippen LogP contribution in [0.5, 0.6) is 0 Å². The van der Waals surface area contributed by atoms with E-state index < -0.39 is 27.3 Å². The third-order valence-electron chi connectivity index (χ3n) is 2.67. The Morgan fingerprint density at radius 3 is 2.63 bits per heavy atom. The van der Waals surface area contributed by atoms with Gasteiger partial charge in [0.25, 0.3) is 0 Å². The van der Waals surface area contributed by atoms with Crippen molar-refractivity contribution in [1.82, 2.24) is 5.32 Å². The summed E-state index contributed by atoms with van der Waals surface area (Å²) < 4.78 is 37.0. The number of sulfone groups is 1. The highest BCUT2D eigenvalue weighted by Gasteiger charge is 2.21. The SMILES string of the molecule is CCC(C)NC(=O)CS(=O)(=O)c1ccc(N)c(F)c1. The molecule has 1 aromatic carbocycles. The molecule has 0 bridgehead atoms. The molecule has 19 heavy (non-hydrogen) atoms. The Hall–Kier alpha value is -1.63. The van der Waals surface area contributed by atoms with Crippen molar-refractivity contribution < 1.29 is 17.6 Å². The van der Waals surface area contributed by atoms with Gasteiger partial charge in [0.2, 0.25) is 5.91 Å². The van der Waals surface area contributed by atoms with Gasteiger partial charge in [0, 0.05) is 6.04 Å². The van der Waals surface area contributed by atoms with Crippen LogP contribution in [0.15, 0.2) is 23.1 Å². The van der Waals surface area contributed by atoms with Gasteiger partial charge in [0.05, 0.1) is 10.6 Å². The largest absolute Gasteiger partial charge is 0.396 e. The van der Waals surface area contributed by atoms with Crippen LogP contribution in [-0.4, -0.2) is 26.1 Å². The van der Waals surface area contributed by atoms with Gasteiger partial charge in [0.1, 0.15) is 11.6 Å². The first kappa shape index (κ1) is 15.4. The van der Waals surface area contributed by atoms with E-state index in [-0.39, 0.29) is 16.6 Å². The first-order valence-electron chi connectivity index (χ1n) is 5.83. The van der Waals surface area contributed by atoms with Gasteiger partial charge < -0.3 is 11.1 Å². The molecule has 0 heterocycles. The van der Waals surface area contributed by atoms with Crippen LogP contribution in [0.1, 0.15) is 20.3 Å². The number of hydrogen-bond donors (Lipinski definition) is 2. The van der Waals surface area contributed by atoms with Crippen molar-refractivity contribution in [2.24, 2.45) is 0 Å². The number of rotatable bonds is 5. The monoisotopic (exact) mass is 288 g/mol. The molecule has 5 nitrogen and oxygen atoms in total. The molecule has 106 valence electrons. The standard InChI is InChI=1S/C12H17FN2O3S/c1-3-8(2)15-12(16)7-19(17,18)9-4-5-11(14)10(13)6-9/h4-6,8H,3,7,14H2,1-2H3,(H,15,16). The van der Waals surface area contributed by atoms with E-state index in [2.05, 4.69) is 5.32 Å². The average Bonchev–Trinajstić information content (AvgIpc) is 2.31. The van der Waals surface area contributed by atoms with E-state index in [0.29, 0.717) is 6.42 Å². The van der Waals surface area contributed by atoms with Crippen LogP contribution in [-0.2, 0) is 14.6 Å². The quantitative estimate of drug-likeness (QED) is 0.794. The fraction of sp³-hybridized carbons (Fsp3) is 0.417. The Labute approximate surface area is 111 Å². The third kappa shape index (κ3) is 4.20. The van der Waals surface area contributed by atoms with Crippen molar-refractivity contribution >= 4 is 21.4 Å². The van der Waals surface area contributed by atoms with Gasteiger partial charge in [-0.2, -0.15) is 0 Å². The Balaban J connectivity index is 2.86. The normalized spacial score (nSPS) is 13.0. The van der Waals surface area contributed by atoms with Gasteiger partial charge in [-0.25, -0.2) is 12.8 Å². The maximum atomic E-state index is 13.2. The molecule has 0 aliphatic rings. The van der Waals surface area contributed by atoms with Crippen molar-refractivity contribution in [2.75, 3.05) is 11.5 Å². The summed E-state index contributed by atoms with van der Waals surface area (Å²) in [5.74, 6) is -2.13. The highest BCUT2D eigenvalue weighted by molar-refractivity contribution is 7.92. The zero-order valence-corrected chi connectivity index (χ0v) is 11.6. The molecule has 0 spiro atoms. The molecule has 1 rings (SSSR count). The number of amides is 1. The lowest BCUT2D eigenvalue weighted by Crippen LogP contribution is -2.36. The summed E-state index contributed by atoms with van der Waals surface area (Å²) in [4.78, 5) is 11.3. The van der Waals surface area contributed by atoms with Crippen LogP contribution in [0.25, 0.3) is 0 Å². The van der Waals surface area contributed by atoms with Crippen molar-refractivity contribution in [2.45, 2.75) is 31.2 Å². The van der Waals surface area contributed by atoms with E-state index in [1.807, 2.05) is 6.92 Å². The number of carbonyl (C=O) groups excluding carboxylic acids is 1. The number of carbonyl (C=O) groups is 1. The zero-order valence-electron chi connectivity index (χ0n) is 10.8. The van der Waals surface area contributed by atoms with Crippen LogP contribution in [0.2, 0.25) is 0 Å². The Morgan fingerprint density at radius 2 is 2.11 bits per heavy atom. The second-order valence-corrected chi connectivity index (χ2v) is 6.31. The van der Waals surface area contributed by atoms with Crippen LogP contribution >= 0.6 is 0 Å². The van der Waals surface area contributed by atoms with E-state index in [1.165, 1.54) is 6.07 Å². The van der Waals surface area contributed by atoms with E-state index >= 15 is 0 Å². The Bertz CT molecular complexity index is 572. The van der Waals surface area contributed by atoms with Gasteiger partial charge in [-0.15, -0.1) is 0 Å². The molecule has 7 heteroatoms. The number of anilines is 1. The van der Waals surface area contributed by atoms with E-state index in [9.17, 15) is 17.6 Å². The van der Waals surface area contributed by atoms with Gasteiger partial charge in [0.15, 0.2) is 9.84 Å². The summed E-state index contributed by atoms with van der Waals surface area (Å²) in [6, 6.07) is 3.06. The minimum absolute atomic E-state index is 0.106. The van der Waals surface area contributed by atoms with Crippen LogP contribution in [0.3, 0.4) is 0 Å². The van der Waals surface area contributed by atoms with Crippen molar-refractivity contribution in [3.05, 3.63) is 24.0 Å². The molecule has 0 aliphatic carbocycles. The summed E-state index contributed by atoms with van der Waals surface area (Å²) in [6.07, 6.45) is 0.697. The molecular formula is C12H17FN2O3S.